The number of rotatable bonds is 7. The number of para-hydroxylation sites is 1. The molecule has 0 saturated heterocycles. The summed E-state index contributed by atoms with van der Waals surface area (Å²) in [6.45, 7) is 1.27. The van der Waals surface area contributed by atoms with Gasteiger partial charge in [-0.25, -0.2) is 9.59 Å². The van der Waals surface area contributed by atoms with Gasteiger partial charge < -0.3 is 19.1 Å². The van der Waals surface area contributed by atoms with E-state index in [0.29, 0.717) is 11.4 Å². The molecule has 166 valence electrons. The van der Waals surface area contributed by atoms with E-state index < -0.39 is 28.7 Å². The van der Waals surface area contributed by atoms with Gasteiger partial charge in [0.25, 0.3) is 5.69 Å². The average molecular weight is 497 g/mol. The van der Waals surface area contributed by atoms with E-state index in [1.807, 2.05) is 0 Å². The van der Waals surface area contributed by atoms with Crippen LogP contribution in [0.2, 0.25) is 0 Å². The monoisotopic (exact) mass is 496 g/mol. The molecular formula is C20H21BrN2O8. The van der Waals surface area contributed by atoms with Crippen LogP contribution >= 0.6 is 15.9 Å². The van der Waals surface area contributed by atoms with Crippen LogP contribution < -0.4 is 0 Å². The molecule has 1 atom stereocenters. The van der Waals surface area contributed by atoms with Crippen LogP contribution in [0.25, 0.3) is 0 Å². The number of methoxy groups -OCH3 is 3. The van der Waals surface area contributed by atoms with Crippen LogP contribution in [0.1, 0.15) is 18.4 Å². The Hall–Kier alpha value is -3.21. The predicted octanol–water partition coefficient (Wildman–Crippen LogP) is 2.44. The normalized spacial score (nSPS) is 16.2. The van der Waals surface area contributed by atoms with Crippen LogP contribution in [0.5, 0.6) is 0 Å². The molecule has 10 nitrogen and oxygen atoms in total. The van der Waals surface area contributed by atoms with E-state index in [-0.39, 0.29) is 34.3 Å². The molecule has 0 saturated carbocycles. The van der Waals surface area contributed by atoms with E-state index in [4.69, 9.17) is 14.2 Å². The largest absolute Gasteiger partial charge is 0.468 e. The highest BCUT2D eigenvalue weighted by Crippen LogP contribution is 2.45. The van der Waals surface area contributed by atoms with E-state index in [2.05, 4.69) is 15.9 Å². The number of nitrogens with zero attached hydrogens (tertiary/aromatic N) is 2. The fourth-order valence-electron chi connectivity index (χ4n) is 3.49. The third kappa shape index (κ3) is 4.61. The van der Waals surface area contributed by atoms with Gasteiger partial charge in [-0.3, -0.25) is 14.9 Å². The van der Waals surface area contributed by atoms with Crippen molar-refractivity contribution in [1.82, 2.24) is 4.90 Å². The SMILES string of the molecule is COC(=O)CN1C(C)=C(C(=O)OC)C(c2ccccc2[N+](=O)[O-])C(C(=O)OC)=C1CBr. The first-order valence-electron chi connectivity index (χ1n) is 8.97. The summed E-state index contributed by atoms with van der Waals surface area (Å²) >= 11 is 3.32. The van der Waals surface area contributed by atoms with Crippen LogP contribution in [0.4, 0.5) is 5.69 Å². The number of hydrogen-bond acceptors (Lipinski definition) is 9. The molecule has 0 aromatic heterocycles. The van der Waals surface area contributed by atoms with Crippen molar-refractivity contribution in [3.8, 4) is 0 Å². The lowest BCUT2D eigenvalue weighted by molar-refractivity contribution is -0.385. The molecule has 0 radical (unpaired) electrons. The maximum absolute atomic E-state index is 12.9. The molecule has 1 aliphatic rings. The number of alkyl halides is 1. The van der Waals surface area contributed by atoms with Gasteiger partial charge in [0.2, 0.25) is 0 Å². The van der Waals surface area contributed by atoms with E-state index in [1.54, 1.807) is 13.0 Å². The Labute approximate surface area is 186 Å². The van der Waals surface area contributed by atoms with Gasteiger partial charge in [0, 0.05) is 28.4 Å². The molecule has 1 aromatic carbocycles. The fourth-order valence-corrected chi connectivity index (χ4v) is 4.10. The second kappa shape index (κ2) is 10.2. The van der Waals surface area contributed by atoms with Gasteiger partial charge >= 0.3 is 17.9 Å². The standard InChI is InChI=1S/C20H21BrN2O8/c1-11-16(19(25)30-3)17(12-7-5-6-8-13(12)23(27)28)18(20(26)31-4)14(9-21)22(11)10-15(24)29-2/h5-8,17H,9-10H2,1-4H3. The van der Waals surface area contributed by atoms with Gasteiger partial charge in [-0.2, -0.15) is 0 Å². The molecule has 0 aliphatic carbocycles. The topological polar surface area (TPSA) is 125 Å². The molecule has 0 amide bonds. The van der Waals surface area contributed by atoms with Crippen molar-refractivity contribution in [3.05, 3.63) is 62.5 Å². The number of allylic oxidation sites excluding steroid dienone is 2. The third-order valence-electron chi connectivity index (χ3n) is 4.91. The van der Waals surface area contributed by atoms with E-state index in [9.17, 15) is 24.5 Å². The molecule has 1 unspecified atom stereocenters. The summed E-state index contributed by atoms with van der Waals surface area (Å²) in [5, 5.41) is 11.8. The maximum atomic E-state index is 12.9. The summed E-state index contributed by atoms with van der Waals surface area (Å²) in [5.74, 6) is -3.37. The Balaban J connectivity index is 2.94. The van der Waals surface area contributed by atoms with Crippen molar-refractivity contribution in [2.24, 2.45) is 0 Å². The van der Waals surface area contributed by atoms with Gasteiger partial charge in [-0.15, -0.1) is 0 Å². The quantitative estimate of drug-likeness (QED) is 0.184. The number of benzene rings is 1. The summed E-state index contributed by atoms with van der Waals surface area (Å²) < 4.78 is 14.6. The number of halogens is 1. The van der Waals surface area contributed by atoms with Crippen LogP contribution in [0.15, 0.2) is 46.8 Å². The van der Waals surface area contributed by atoms with E-state index in [0.717, 1.165) is 14.2 Å². The molecule has 0 fully saturated rings. The molecule has 2 rings (SSSR count). The fraction of sp³-hybridized carbons (Fsp3) is 0.350. The van der Waals surface area contributed by atoms with Crippen molar-refractivity contribution in [2.75, 3.05) is 33.2 Å². The Kier molecular flexibility index (Phi) is 7.92. The number of hydrogen-bond donors (Lipinski definition) is 0. The Morgan fingerprint density at radius 2 is 1.65 bits per heavy atom. The molecule has 0 spiro atoms. The van der Waals surface area contributed by atoms with Gasteiger partial charge in [0.05, 0.1) is 43.3 Å². The molecule has 1 aromatic rings. The van der Waals surface area contributed by atoms with Crippen LogP contribution in [0, 0.1) is 10.1 Å². The predicted molar refractivity (Wildman–Crippen MR) is 112 cm³/mol. The molecule has 0 bridgehead atoms. The van der Waals surface area contributed by atoms with Crippen molar-refractivity contribution in [3.63, 3.8) is 0 Å². The molecule has 1 heterocycles. The summed E-state index contributed by atoms with van der Waals surface area (Å²) in [4.78, 5) is 50.3. The van der Waals surface area contributed by atoms with Crippen LogP contribution in [-0.4, -0.2) is 60.9 Å². The molecule has 1 aliphatic heterocycles. The zero-order valence-corrected chi connectivity index (χ0v) is 18.9. The zero-order chi connectivity index (χ0) is 23.3. The lowest BCUT2D eigenvalue weighted by atomic mass is 9.79. The zero-order valence-electron chi connectivity index (χ0n) is 17.3. The highest BCUT2D eigenvalue weighted by molar-refractivity contribution is 9.09. The minimum absolute atomic E-state index is 0.0224. The smallest absolute Gasteiger partial charge is 0.336 e. The number of carbonyl (C=O) groups excluding carboxylic acids is 3. The Morgan fingerprint density at radius 1 is 1.06 bits per heavy atom. The minimum atomic E-state index is -1.15. The number of nitro benzene ring substituents is 1. The highest BCUT2D eigenvalue weighted by Gasteiger charge is 2.43. The van der Waals surface area contributed by atoms with Crippen molar-refractivity contribution >= 4 is 39.5 Å². The van der Waals surface area contributed by atoms with Gasteiger partial charge in [-0.05, 0) is 6.92 Å². The summed E-state index contributed by atoms with van der Waals surface area (Å²) in [6.07, 6.45) is 0. The molecule has 31 heavy (non-hydrogen) atoms. The first-order valence-corrected chi connectivity index (χ1v) is 10.1. The van der Waals surface area contributed by atoms with Crippen LogP contribution in [-0.2, 0) is 28.6 Å². The summed E-state index contributed by atoms with van der Waals surface area (Å²) in [5.41, 5.74) is 0.393. The second-order valence-electron chi connectivity index (χ2n) is 6.39. The maximum Gasteiger partial charge on any atom is 0.336 e. The van der Waals surface area contributed by atoms with Crippen molar-refractivity contribution < 1.29 is 33.5 Å². The van der Waals surface area contributed by atoms with Gasteiger partial charge in [0.1, 0.15) is 6.54 Å². The molecule has 0 N–H and O–H groups in total. The van der Waals surface area contributed by atoms with Crippen molar-refractivity contribution in [1.29, 1.82) is 0 Å². The van der Waals surface area contributed by atoms with Gasteiger partial charge in [-0.1, -0.05) is 34.1 Å². The second-order valence-corrected chi connectivity index (χ2v) is 6.95. The Morgan fingerprint density at radius 3 is 2.16 bits per heavy atom. The number of nitro groups is 1. The van der Waals surface area contributed by atoms with Gasteiger partial charge in [0.15, 0.2) is 0 Å². The first kappa shape index (κ1) is 24.1. The average Bonchev–Trinajstić information content (AvgIpc) is 2.78. The summed E-state index contributed by atoms with van der Waals surface area (Å²) in [6, 6.07) is 5.79. The van der Waals surface area contributed by atoms with E-state index in [1.165, 1.54) is 30.2 Å². The number of carbonyl (C=O) groups is 3. The highest BCUT2D eigenvalue weighted by atomic mass is 79.9. The van der Waals surface area contributed by atoms with Crippen molar-refractivity contribution in [2.45, 2.75) is 12.8 Å². The third-order valence-corrected chi connectivity index (χ3v) is 5.44. The minimum Gasteiger partial charge on any atom is -0.468 e. The van der Waals surface area contributed by atoms with E-state index >= 15 is 0 Å². The lowest BCUT2D eigenvalue weighted by Crippen LogP contribution is -2.39. The molecule has 11 heteroatoms. The first-order chi connectivity index (χ1) is 14.7. The number of ether oxygens (including phenoxy) is 3. The summed E-state index contributed by atoms with van der Waals surface area (Å²) in [7, 11) is 3.53. The lowest BCUT2D eigenvalue weighted by Gasteiger charge is -2.37. The molecular weight excluding hydrogens is 476 g/mol. The number of esters is 3. The van der Waals surface area contributed by atoms with Crippen LogP contribution in [0.3, 0.4) is 0 Å². The Bertz CT molecular complexity index is 985.